The second-order valence-electron chi connectivity index (χ2n) is 5.62. The lowest BCUT2D eigenvalue weighted by Crippen LogP contribution is -2.10. The van der Waals surface area contributed by atoms with Crippen molar-refractivity contribution in [1.29, 1.82) is 0 Å². The van der Waals surface area contributed by atoms with E-state index in [1.807, 2.05) is 72.8 Å². The van der Waals surface area contributed by atoms with E-state index in [9.17, 15) is 4.79 Å². The fourth-order valence-electron chi connectivity index (χ4n) is 2.54. The van der Waals surface area contributed by atoms with Gasteiger partial charge in [0.1, 0.15) is 0 Å². The van der Waals surface area contributed by atoms with Gasteiger partial charge in [0, 0.05) is 34.0 Å². The van der Waals surface area contributed by atoms with Gasteiger partial charge in [0.15, 0.2) is 5.78 Å². The molecule has 4 heteroatoms. The standard InChI is InChI=1S/C20H19N3O/c1-14(24)15-2-8-18(9-3-15)23(19-10-4-16(21)5-11-19)20-12-6-17(22)7-13-20/h2-13H,21-22H2,1H3. The summed E-state index contributed by atoms with van der Waals surface area (Å²) in [6.45, 7) is 1.56. The maximum absolute atomic E-state index is 11.5. The molecular weight excluding hydrogens is 298 g/mol. The lowest BCUT2D eigenvalue weighted by atomic mass is 10.1. The highest BCUT2D eigenvalue weighted by Crippen LogP contribution is 2.35. The van der Waals surface area contributed by atoms with E-state index in [1.165, 1.54) is 0 Å². The van der Waals surface area contributed by atoms with E-state index in [2.05, 4.69) is 4.90 Å². The van der Waals surface area contributed by atoms with Crippen molar-refractivity contribution >= 4 is 34.2 Å². The van der Waals surface area contributed by atoms with Crippen molar-refractivity contribution in [3.05, 3.63) is 78.4 Å². The predicted molar refractivity (Wildman–Crippen MR) is 100.0 cm³/mol. The number of ketones is 1. The normalized spacial score (nSPS) is 10.4. The molecule has 0 fully saturated rings. The Labute approximate surface area is 141 Å². The van der Waals surface area contributed by atoms with E-state index < -0.39 is 0 Å². The van der Waals surface area contributed by atoms with E-state index in [-0.39, 0.29) is 5.78 Å². The van der Waals surface area contributed by atoms with Crippen LogP contribution in [-0.4, -0.2) is 5.78 Å². The molecule has 0 aromatic heterocycles. The summed E-state index contributed by atoms with van der Waals surface area (Å²) in [6, 6.07) is 22.8. The summed E-state index contributed by atoms with van der Waals surface area (Å²) in [4.78, 5) is 13.6. The molecule has 0 heterocycles. The van der Waals surface area contributed by atoms with Crippen LogP contribution >= 0.6 is 0 Å². The van der Waals surface area contributed by atoms with Crippen LogP contribution in [0, 0.1) is 0 Å². The second kappa shape index (κ2) is 6.46. The summed E-state index contributed by atoms with van der Waals surface area (Å²) in [7, 11) is 0. The van der Waals surface area contributed by atoms with Gasteiger partial charge in [-0.15, -0.1) is 0 Å². The summed E-state index contributed by atoms with van der Waals surface area (Å²) in [5.41, 5.74) is 16.6. The van der Waals surface area contributed by atoms with Crippen LogP contribution in [-0.2, 0) is 0 Å². The summed E-state index contributed by atoms with van der Waals surface area (Å²) in [5.74, 6) is 0.0491. The maximum Gasteiger partial charge on any atom is 0.159 e. The third-order valence-electron chi connectivity index (χ3n) is 3.83. The maximum atomic E-state index is 11.5. The molecule has 4 N–H and O–H groups in total. The molecule has 0 atom stereocenters. The molecule has 4 nitrogen and oxygen atoms in total. The average Bonchev–Trinajstić information content (AvgIpc) is 2.59. The van der Waals surface area contributed by atoms with Crippen LogP contribution in [0.15, 0.2) is 72.8 Å². The molecule has 3 aromatic carbocycles. The summed E-state index contributed by atoms with van der Waals surface area (Å²) in [6.07, 6.45) is 0. The van der Waals surface area contributed by atoms with Gasteiger partial charge in [-0.05, 0) is 79.7 Å². The van der Waals surface area contributed by atoms with Crippen molar-refractivity contribution in [2.45, 2.75) is 6.92 Å². The van der Waals surface area contributed by atoms with E-state index >= 15 is 0 Å². The lowest BCUT2D eigenvalue weighted by Gasteiger charge is -2.25. The van der Waals surface area contributed by atoms with Crippen molar-refractivity contribution in [2.24, 2.45) is 0 Å². The molecule has 0 aliphatic heterocycles. The third-order valence-corrected chi connectivity index (χ3v) is 3.83. The Kier molecular flexibility index (Phi) is 4.20. The Morgan fingerprint density at radius 1 is 0.667 bits per heavy atom. The van der Waals surface area contributed by atoms with Crippen LogP contribution in [0.4, 0.5) is 28.4 Å². The summed E-state index contributed by atoms with van der Waals surface area (Å²) >= 11 is 0. The van der Waals surface area contributed by atoms with Crippen molar-refractivity contribution in [3.63, 3.8) is 0 Å². The molecule has 0 unspecified atom stereocenters. The predicted octanol–water partition coefficient (Wildman–Crippen LogP) is 4.52. The highest BCUT2D eigenvalue weighted by molar-refractivity contribution is 5.94. The lowest BCUT2D eigenvalue weighted by molar-refractivity contribution is 0.101. The number of anilines is 5. The van der Waals surface area contributed by atoms with Crippen LogP contribution in [0.3, 0.4) is 0 Å². The Bertz CT molecular complexity index is 792. The number of nitrogen functional groups attached to an aromatic ring is 2. The second-order valence-corrected chi connectivity index (χ2v) is 5.62. The Balaban J connectivity index is 2.08. The van der Waals surface area contributed by atoms with Gasteiger partial charge in [0.25, 0.3) is 0 Å². The number of carbonyl (C=O) groups excluding carboxylic acids is 1. The summed E-state index contributed by atoms with van der Waals surface area (Å²) in [5, 5.41) is 0. The molecule has 0 bridgehead atoms. The fraction of sp³-hybridized carbons (Fsp3) is 0.0500. The zero-order valence-corrected chi connectivity index (χ0v) is 13.4. The molecule has 24 heavy (non-hydrogen) atoms. The quantitative estimate of drug-likeness (QED) is 0.548. The first-order valence-electron chi connectivity index (χ1n) is 7.67. The summed E-state index contributed by atoms with van der Waals surface area (Å²) < 4.78 is 0. The van der Waals surface area contributed by atoms with Crippen LogP contribution in [0.25, 0.3) is 0 Å². The van der Waals surface area contributed by atoms with Crippen LogP contribution in [0.2, 0.25) is 0 Å². The minimum Gasteiger partial charge on any atom is -0.399 e. The smallest absolute Gasteiger partial charge is 0.159 e. The molecule has 3 rings (SSSR count). The number of Topliss-reactive ketones (excluding diaryl/α,β-unsaturated/α-hetero) is 1. The van der Waals surface area contributed by atoms with Gasteiger partial charge < -0.3 is 16.4 Å². The highest BCUT2D eigenvalue weighted by atomic mass is 16.1. The number of carbonyl (C=O) groups is 1. The van der Waals surface area contributed by atoms with Crippen molar-refractivity contribution in [1.82, 2.24) is 0 Å². The molecule has 0 radical (unpaired) electrons. The molecule has 120 valence electrons. The van der Waals surface area contributed by atoms with E-state index in [1.54, 1.807) is 6.92 Å². The molecule has 0 aliphatic carbocycles. The number of benzene rings is 3. The van der Waals surface area contributed by atoms with E-state index in [4.69, 9.17) is 11.5 Å². The zero-order chi connectivity index (χ0) is 17.1. The number of hydrogen-bond acceptors (Lipinski definition) is 4. The van der Waals surface area contributed by atoms with E-state index in [0.717, 1.165) is 17.1 Å². The average molecular weight is 317 g/mol. The van der Waals surface area contributed by atoms with Gasteiger partial charge in [-0.25, -0.2) is 0 Å². The largest absolute Gasteiger partial charge is 0.399 e. The molecule has 0 spiro atoms. The Morgan fingerprint density at radius 3 is 1.33 bits per heavy atom. The first-order chi connectivity index (χ1) is 11.5. The van der Waals surface area contributed by atoms with Crippen LogP contribution < -0.4 is 16.4 Å². The molecular formula is C20H19N3O. The van der Waals surface area contributed by atoms with Crippen molar-refractivity contribution in [3.8, 4) is 0 Å². The van der Waals surface area contributed by atoms with Gasteiger partial charge in [0.05, 0.1) is 0 Å². The van der Waals surface area contributed by atoms with Crippen molar-refractivity contribution in [2.75, 3.05) is 16.4 Å². The van der Waals surface area contributed by atoms with Gasteiger partial charge in [-0.3, -0.25) is 4.79 Å². The number of nitrogens with two attached hydrogens (primary N) is 2. The Morgan fingerprint density at radius 2 is 1.00 bits per heavy atom. The van der Waals surface area contributed by atoms with Crippen molar-refractivity contribution < 1.29 is 4.79 Å². The first kappa shape index (κ1) is 15.6. The molecule has 0 amide bonds. The SMILES string of the molecule is CC(=O)c1ccc(N(c2ccc(N)cc2)c2ccc(N)cc2)cc1. The van der Waals surface area contributed by atoms with Gasteiger partial charge >= 0.3 is 0 Å². The molecule has 0 aliphatic rings. The van der Waals surface area contributed by atoms with Gasteiger partial charge in [0.2, 0.25) is 0 Å². The van der Waals surface area contributed by atoms with E-state index in [0.29, 0.717) is 16.9 Å². The minimum absolute atomic E-state index is 0.0491. The third kappa shape index (κ3) is 3.22. The first-order valence-corrected chi connectivity index (χ1v) is 7.67. The fourth-order valence-corrected chi connectivity index (χ4v) is 2.54. The monoisotopic (exact) mass is 317 g/mol. The van der Waals surface area contributed by atoms with Gasteiger partial charge in [-0.1, -0.05) is 0 Å². The zero-order valence-electron chi connectivity index (χ0n) is 13.4. The minimum atomic E-state index is 0.0491. The molecule has 0 saturated heterocycles. The number of hydrogen-bond donors (Lipinski definition) is 2. The highest BCUT2D eigenvalue weighted by Gasteiger charge is 2.12. The van der Waals surface area contributed by atoms with Gasteiger partial charge in [-0.2, -0.15) is 0 Å². The molecule has 3 aromatic rings. The number of nitrogens with zero attached hydrogens (tertiary/aromatic N) is 1. The molecule has 0 saturated carbocycles. The topological polar surface area (TPSA) is 72.3 Å². The number of rotatable bonds is 4. The van der Waals surface area contributed by atoms with Crippen LogP contribution in [0.5, 0.6) is 0 Å². The van der Waals surface area contributed by atoms with Crippen LogP contribution in [0.1, 0.15) is 17.3 Å². The Hall–Kier alpha value is -3.27.